The third-order valence-corrected chi connectivity index (χ3v) is 5.09. The summed E-state index contributed by atoms with van der Waals surface area (Å²) in [6.07, 6.45) is 2.97. The van der Waals surface area contributed by atoms with E-state index in [2.05, 4.69) is 30.6 Å². The summed E-state index contributed by atoms with van der Waals surface area (Å²) in [4.78, 5) is 5.42. The summed E-state index contributed by atoms with van der Waals surface area (Å²) in [6.45, 7) is 12.6. The minimum Gasteiger partial charge on any atom is -0.300 e. The van der Waals surface area contributed by atoms with Gasteiger partial charge in [0, 0.05) is 38.3 Å². The van der Waals surface area contributed by atoms with E-state index < -0.39 is 0 Å². The molecule has 1 aliphatic carbocycles. The topological polar surface area (TPSA) is 6.48 Å². The predicted molar refractivity (Wildman–Crippen MR) is 67.4 cm³/mol. The first kappa shape index (κ1) is 11.0. The van der Waals surface area contributed by atoms with Crippen LogP contribution in [0.15, 0.2) is 0 Å². The molecular formula is C14H26N2. The van der Waals surface area contributed by atoms with Gasteiger partial charge in [0.1, 0.15) is 0 Å². The highest BCUT2D eigenvalue weighted by atomic mass is 15.2. The summed E-state index contributed by atoms with van der Waals surface area (Å²) in [6, 6.07) is 1.70. The second-order valence-corrected chi connectivity index (χ2v) is 6.75. The van der Waals surface area contributed by atoms with E-state index in [-0.39, 0.29) is 0 Å². The molecule has 0 aromatic heterocycles. The van der Waals surface area contributed by atoms with Crippen LogP contribution in [0.1, 0.15) is 33.6 Å². The Balaban J connectivity index is 1.53. The summed E-state index contributed by atoms with van der Waals surface area (Å²) < 4.78 is 0. The standard InChI is InChI=1S/C14H26N2/c1-10(2)15-8-12-4-14(5-13(12)9-15)16-6-11(3)7-16/h10-14H,4-9H2,1-3H3/t12-,13+,14?. The molecule has 2 heterocycles. The Hall–Kier alpha value is -0.0800. The second kappa shape index (κ2) is 3.99. The maximum absolute atomic E-state index is 2.74. The van der Waals surface area contributed by atoms with Crippen molar-refractivity contribution < 1.29 is 0 Å². The van der Waals surface area contributed by atoms with Gasteiger partial charge in [0.05, 0.1) is 0 Å². The van der Waals surface area contributed by atoms with Gasteiger partial charge in [-0.3, -0.25) is 4.90 Å². The molecule has 2 heteroatoms. The van der Waals surface area contributed by atoms with Crippen LogP contribution < -0.4 is 0 Å². The molecule has 0 spiro atoms. The lowest BCUT2D eigenvalue weighted by atomic mass is 9.98. The Kier molecular flexibility index (Phi) is 2.75. The molecule has 0 aromatic carbocycles. The summed E-state index contributed by atoms with van der Waals surface area (Å²) >= 11 is 0. The molecule has 92 valence electrons. The highest BCUT2D eigenvalue weighted by molar-refractivity contribution is 4.98. The van der Waals surface area contributed by atoms with E-state index in [1.165, 1.54) is 39.0 Å². The van der Waals surface area contributed by atoms with Crippen LogP contribution in [0.3, 0.4) is 0 Å². The van der Waals surface area contributed by atoms with Crippen LogP contribution >= 0.6 is 0 Å². The van der Waals surface area contributed by atoms with E-state index in [0.29, 0.717) is 0 Å². The van der Waals surface area contributed by atoms with Crippen LogP contribution in [0.25, 0.3) is 0 Å². The van der Waals surface area contributed by atoms with Crippen LogP contribution in [0.4, 0.5) is 0 Å². The molecule has 3 fully saturated rings. The first-order valence-corrected chi connectivity index (χ1v) is 7.11. The van der Waals surface area contributed by atoms with Gasteiger partial charge >= 0.3 is 0 Å². The van der Waals surface area contributed by atoms with Crippen LogP contribution in [-0.2, 0) is 0 Å². The highest BCUT2D eigenvalue weighted by Gasteiger charge is 2.44. The van der Waals surface area contributed by atoms with Crippen molar-refractivity contribution in [1.82, 2.24) is 9.80 Å². The van der Waals surface area contributed by atoms with Crippen molar-refractivity contribution in [3.8, 4) is 0 Å². The van der Waals surface area contributed by atoms with Gasteiger partial charge in [-0.05, 0) is 44.4 Å². The Bertz CT molecular complexity index is 243. The smallest absolute Gasteiger partial charge is 0.0102 e. The maximum atomic E-state index is 2.74. The van der Waals surface area contributed by atoms with Crippen molar-refractivity contribution in [2.24, 2.45) is 17.8 Å². The molecule has 0 radical (unpaired) electrons. The quantitative estimate of drug-likeness (QED) is 0.705. The third-order valence-electron chi connectivity index (χ3n) is 5.09. The highest BCUT2D eigenvalue weighted by Crippen LogP contribution is 2.42. The molecule has 0 bridgehead atoms. The molecule has 1 unspecified atom stereocenters. The van der Waals surface area contributed by atoms with Crippen molar-refractivity contribution >= 4 is 0 Å². The number of hydrogen-bond acceptors (Lipinski definition) is 2. The van der Waals surface area contributed by atoms with Gasteiger partial charge in [-0.25, -0.2) is 0 Å². The van der Waals surface area contributed by atoms with E-state index in [9.17, 15) is 0 Å². The SMILES string of the molecule is CC1CN(C2C[C@@H]3CN(C(C)C)C[C@@H]3C2)C1. The lowest BCUT2D eigenvalue weighted by Crippen LogP contribution is -2.50. The van der Waals surface area contributed by atoms with Crippen molar-refractivity contribution in [2.45, 2.75) is 45.7 Å². The normalized spacial score (nSPS) is 41.6. The molecule has 16 heavy (non-hydrogen) atoms. The predicted octanol–water partition coefficient (Wildman–Crippen LogP) is 2.06. The number of hydrogen-bond donors (Lipinski definition) is 0. The van der Waals surface area contributed by atoms with Gasteiger partial charge in [-0.1, -0.05) is 6.92 Å². The molecule has 0 N–H and O–H groups in total. The third kappa shape index (κ3) is 1.80. The summed E-state index contributed by atoms with van der Waals surface area (Å²) in [7, 11) is 0. The molecule has 2 saturated heterocycles. The largest absolute Gasteiger partial charge is 0.300 e. The molecule has 3 rings (SSSR count). The van der Waals surface area contributed by atoms with E-state index in [1.807, 2.05) is 0 Å². The average molecular weight is 222 g/mol. The molecule has 3 aliphatic rings. The first-order valence-electron chi connectivity index (χ1n) is 7.11. The number of likely N-dealkylation sites (tertiary alicyclic amines) is 2. The number of nitrogens with zero attached hydrogens (tertiary/aromatic N) is 2. The minimum atomic E-state index is 0.757. The second-order valence-electron chi connectivity index (χ2n) is 6.75. The minimum absolute atomic E-state index is 0.757. The van der Waals surface area contributed by atoms with Crippen LogP contribution in [0.2, 0.25) is 0 Å². The molecule has 2 nitrogen and oxygen atoms in total. The summed E-state index contributed by atoms with van der Waals surface area (Å²) in [5.41, 5.74) is 0. The molecule has 0 amide bonds. The van der Waals surface area contributed by atoms with Gasteiger partial charge in [-0.15, -0.1) is 0 Å². The Labute approximate surface area is 100.0 Å². The Morgan fingerprint density at radius 1 is 0.938 bits per heavy atom. The lowest BCUT2D eigenvalue weighted by molar-refractivity contribution is 0.0584. The first-order chi connectivity index (χ1) is 7.63. The number of rotatable bonds is 2. The van der Waals surface area contributed by atoms with Crippen LogP contribution in [-0.4, -0.2) is 48.1 Å². The van der Waals surface area contributed by atoms with Gasteiger partial charge in [0.15, 0.2) is 0 Å². The summed E-state index contributed by atoms with van der Waals surface area (Å²) in [5.74, 6) is 3.00. The Morgan fingerprint density at radius 3 is 1.94 bits per heavy atom. The monoisotopic (exact) mass is 222 g/mol. The summed E-state index contributed by atoms with van der Waals surface area (Å²) in [5, 5.41) is 0. The molecule has 3 atom stereocenters. The van der Waals surface area contributed by atoms with Crippen molar-refractivity contribution in [3.63, 3.8) is 0 Å². The maximum Gasteiger partial charge on any atom is 0.0102 e. The van der Waals surface area contributed by atoms with E-state index in [0.717, 1.165) is 29.8 Å². The Morgan fingerprint density at radius 2 is 1.50 bits per heavy atom. The lowest BCUT2D eigenvalue weighted by Gasteiger charge is -2.42. The van der Waals surface area contributed by atoms with Crippen molar-refractivity contribution in [3.05, 3.63) is 0 Å². The fraction of sp³-hybridized carbons (Fsp3) is 1.00. The molecular weight excluding hydrogens is 196 g/mol. The van der Waals surface area contributed by atoms with E-state index in [1.54, 1.807) is 0 Å². The zero-order valence-corrected chi connectivity index (χ0v) is 11.0. The van der Waals surface area contributed by atoms with Gasteiger partial charge in [0.25, 0.3) is 0 Å². The van der Waals surface area contributed by atoms with Gasteiger partial charge in [-0.2, -0.15) is 0 Å². The number of fused-ring (bicyclic) bond motifs is 1. The average Bonchev–Trinajstić information content (AvgIpc) is 2.68. The van der Waals surface area contributed by atoms with Crippen molar-refractivity contribution in [1.29, 1.82) is 0 Å². The molecule has 1 saturated carbocycles. The van der Waals surface area contributed by atoms with Gasteiger partial charge < -0.3 is 4.90 Å². The fourth-order valence-electron chi connectivity index (χ4n) is 4.07. The van der Waals surface area contributed by atoms with E-state index in [4.69, 9.17) is 0 Å². The molecule has 2 aliphatic heterocycles. The fourth-order valence-corrected chi connectivity index (χ4v) is 4.07. The van der Waals surface area contributed by atoms with E-state index >= 15 is 0 Å². The zero-order chi connectivity index (χ0) is 11.3. The van der Waals surface area contributed by atoms with Crippen LogP contribution in [0, 0.1) is 17.8 Å². The van der Waals surface area contributed by atoms with Gasteiger partial charge in [0.2, 0.25) is 0 Å². The molecule has 0 aromatic rings. The van der Waals surface area contributed by atoms with Crippen LogP contribution in [0.5, 0.6) is 0 Å². The van der Waals surface area contributed by atoms with Crippen molar-refractivity contribution in [2.75, 3.05) is 26.2 Å². The zero-order valence-electron chi connectivity index (χ0n) is 11.0.